The minimum Gasteiger partial charge on any atom is -0.454 e. The summed E-state index contributed by atoms with van der Waals surface area (Å²) in [6.45, 7) is 2.29. The first-order valence-corrected chi connectivity index (χ1v) is 10.0. The van der Waals surface area contributed by atoms with Gasteiger partial charge in [-0.1, -0.05) is 0 Å². The standard InChI is InChI=1S/C19H19N3O6S/c1-11(18(25)20-12-4-5-14-15(7-12)27-10-26-14)28-17(24)8-13-9-29-19(21-13)22-6-2-3-16(22)23/h4-5,7,9,11H,2-3,6,8,10H2,1H3,(H,20,25)/t11-/m1/s1. The monoisotopic (exact) mass is 417 g/mol. The van der Waals surface area contributed by atoms with Crippen LogP contribution in [0.2, 0.25) is 0 Å². The Bertz CT molecular complexity index is 959. The fourth-order valence-corrected chi connectivity index (χ4v) is 3.88. The molecule has 1 aromatic heterocycles. The van der Waals surface area contributed by atoms with Gasteiger partial charge >= 0.3 is 5.97 Å². The first-order valence-electron chi connectivity index (χ1n) is 9.14. The van der Waals surface area contributed by atoms with Crippen LogP contribution >= 0.6 is 11.3 Å². The van der Waals surface area contributed by atoms with Gasteiger partial charge < -0.3 is 19.5 Å². The number of carbonyl (C=O) groups excluding carboxylic acids is 3. The summed E-state index contributed by atoms with van der Waals surface area (Å²) in [5.74, 6) is 0.174. The van der Waals surface area contributed by atoms with Crippen LogP contribution in [0.3, 0.4) is 0 Å². The number of carbonyl (C=O) groups is 3. The van der Waals surface area contributed by atoms with Crippen molar-refractivity contribution in [1.29, 1.82) is 0 Å². The second-order valence-corrected chi connectivity index (χ2v) is 7.47. The SMILES string of the molecule is C[C@@H](OC(=O)Cc1csc(N2CCCC2=O)n1)C(=O)Nc1ccc2c(c1)OCO2. The Morgan fingerprint density at radius 3 is 2.97 bits per heavy atom. The molecule has 0 saturated carbocycles. The van der Waals surface area contributed by atoms with Crippen molar-refractivity contribution in [2.75, 3.05) is 23.6 Å². The number of benzene rings is 1. The van der Waals surface area contributed by atoms with Crippen molar-refractivity contribution in [3.8, 4) is 11.5 Å². The third kappa shape index (κ3) is 4.32. The van der Waals surface area contributed by atoms with E-state index in [0.717, 1.165) is 6.42 Å². The zero-order valence-corrected chi connectivity index (χ0v) is 16.5. The summed E-state index contributed by atoms with van der Waals surface area (Å²) in [5, 5.41) is 4.99. The van der Waals surface area contributed by atoms with E-state index in [4.69, 9.17) is 14.2 Å². The highest BCUT2D eigenvalue weighted by Gasteiger charge is 2.25. The molecular weight excluding hydrogens is 398 g/mol. The Kier molecular flexibility index (Phi) is 5.34. The molecule has 2 aliphatic heterocycles. The highest BCUT2D eigenvalue weighted by Crippen LogP contribution is 2.34. The van der Waals surface area contributed by atoms with Gasteiger partial charge in [0.05, 0.1) is 12.1 Å². The zero-order chi connectivity index (χ0) is 20.4. The van der Waals surface area contributed by atoms with Gasteiger partial charge in [-0.3, -0.25) is 19.3 Å². The average molecular weight is 417 g/mol. The van der Waals surface area contributed by atoms with Crippen molar-refractivity contribution in [2.45, 2.75) is 32.3 Å². The number of hydrogen-bond acceptors (Lipinski definition) is 8. The highest BCUT2D eigenvalue weighted by molar-refractivity contribution is 7.14. The normalized spacial score (nSPS) is 16.0. The molecule has 152 valence electrons. The van der Waals surface area contributed by atoms with Crippen molar-refractivity contribution in [2.24, 2.45) is 0 Å². The van der Waals surface area contributed by atoms with E-state index in [1.54, 1.807) is 28.5 Å². The van der Waals surface area contributed by atoms with E-state index in [1.165, 1.54) is 18.3 Å². The van der Waals surface area contributed by atoms with E-state index in [-0.39, 0.29) is 19.1 Å². The van der Waals surface area contributed by atoms with Gasteiger partial charge in [-0.15, -0.1) is 11.3 Å². The molecule has 0 spiro atoms. The van der Waals surface area contributed by atoms with Crippen molar-refractivity contribution in [1.82, 2.24) is 4.98 Å². The quantitative estimate of drug-likeness (QED) is 0.718. The fourth-order valence-electron chi connectivity index (χ4n) is 3.01. The molecular formula is C19H19N3O6S. The van der Waals surface area contributed by atoms with Crippen molar-refractivity contribution in [3.63, 3.8) is 0 Å². The number of anilines is 2. The summed E-state index contributed by atoms with van der Waals surface area (Å²) in [7, 11) is 0. The first-order chi connectivity index (χ1) is 14.0. The maximum atomic E-state index is 12.3. The number of aromatic nitrogens is 1. The Morgan fingerprint density at radius 1 is 1.34 bits per heavy atom. The van der Waals surface area contributed by atoms with E-state index in [9.17, 15) is 14.4 Å². The molecule has 3 heterocycles. The van der Waals surface area contributed by atoms with Crippen LogP contribution in [0.1, 0.15) is 25.5 Å². The lowest BCUT2D eigenvalue weighted by atomic mass is 10.2. The molecule has 1 atom stereocenters. The average Bonchev–Trinajstić information content (AvgIpc) is 3.41. The number of nitrogens with zero attached hydrogens (tertiary/aromatic N) is 2. The number of thiazole rings is 1. The van der Waals surface area contributed by atoms with Crippen molar-refractivity contribution < 1.29 is 28.6 Å². The van der Waals surface area contributed by atoms with Gasteiger partial charge in [0.1, 0.15) is 0 Å². The number of amides is 2. The van der Waals surface area contributed by atoms with Gasteiger partial charge in [-0.2, -0.15) is 0 Å². The third-order valence-electron chi connectivity index (χ3n) is 4.49. The second-order valence-electron chi connectivity index (χ2n) is 6.64. The molecule has 1 N–H and O–H groups in total. The van der Waals surface area contributed by atoms with Gasteiger partial charge in [0, 0.05) is 30.1 Å². The molecule has 2 amide bonds. The number of nitrogens with one attached hydrogen (secondary N) is 1. The maximum Gasteiger partial charge on any atom is 0.312 e. The van der Waals surface area contributed by atoms with Crippen molar-refractivity contribution >= 4 is 39.9 Å². The van der Waals surface area contributed by atoms with Gasteiger partial charge in [-0.25, -0.2) is 4.98 Å². The molecule has 1 fully saturated rings. The predicted molar refractivity (Wildman–Crippen MR) is 104 cm³/mol. The molecule has 4 rings (SSSR count). The van der Waals surface area contributed by atoms with Crippen LogP contribution in [-0.2, 0) is 25.5 Å². The number of esters is 1. The van der Waals surface area contributed by atoms with Crippen LogP contribution in [0, 0.1) is 0 Å². The van der Waals surface area contributed by atoms with E-state index in [0.29, 0.717) is 41.0 Å². The van der Waals surface area contributed by atoms with Gasteiger partial charge in [0.25, 0.3) is 5.91 Å². The van der Waals surface area contributed by atoms with Crippen LogP contribution in [0.25, 0.3) is 0 Å². The summed E-state index contributed by atoms with van der Waals surface area (Å²) in [4.78, 5) is 42.2. The Morgan fingerprint density at radius 2 is 2.17 bits per heavy atom. The van der Waals surface area contributed by atoms with E-state index in [2.05, 4.69) is 10.3 Å². The van der Waals surface area contributed by atoms with E-state index >= 15 is 0 Å². The van der Waals surface area contributed by atoms with Gasteiger partial charge in [0.15, 0.2) is 22.7 Å². The zero-order valence-electron chi connectivity index (χ0n) is 15.7. The fraction of sp³-hybridized carbons (Fsp3) is 0.368. The van der Waals surface area contributed by atoms with E-state index in [1.807, 2.05) is 0 Å². The predicted octanol–water partition coefficient (Wildman–Crippen LogP) is 2.11. The molecule has 0 bridgehead atoms. The lowest BCUT2D eigenvalue weighted by Gasteiger charge is -2.13. The maximum absolute atomic E-state index is 12.3. The lowest BCUT2D eigenvalue weighted by molar-refractivity contribution is -0.152. The number of hydrogen-bond donors (Lipinski definition) is 1. The molecule has 9 nitrogen and oxygen atoms in total. The molecule has 0 radical (unpaired) electrons. The van der Waals surface area contributed by atoms with Crippen LogP contribution in [0.5, 0.6) is 11.5 Å². The molecule has 2 aliphatic rings. The summed E-state index contributed by atoms with van der Waals surface area (Å²) in [6.07, 6.45) is 0.282. The topological polar surface area (TPSA) is 107 Å². The number of ether oxygens (including phenoxy) is 3. The summed E-state index contributed by atoms with van der Waals surface area (Å²) >= 11 is 1.31. The molecule has 0 aliphatic carbocycles. The Balaban J connectivity index is 1.29. The Labute approximate surface area is 170 Å². The molecule has 1 aromatic carbocycles. The van der Waals surface area contributed by atoms with Gasteiger partial charge in [0.2, 0.25) is 12.7 Å². The minimum absolute atomic E-state index is 0.0438. The minimum atomic E-state index is -0.980. The van der Waals surface area contributed by atoms with Crippen molar-refractivity contribution in [3.05, 3.63) is 29.3 Å². The lowest BCUT2D eigenvalue weighted by Crippen LogP contribution is -2.30. The first kappa shape index (κ1) is 19.2. The second kappa shape index (κ2) is 8.08. The Hall–Kier alpha value is -3.14. The molecule has 0 unspecified atom stereocenters. The van der Waals surface area contributed by atoms with Crippen LogP contribution in [-0.4, -0.2) is 42.2 Å². The molecule has 2 aromatic rings. The highest BCUT2D eigenvalue weighted by atomic mass is 32.1. The van der Waals surface area contributed by atoms with Crippen LogP contribution in [0.15, 0.2) is 23.6 Å². The summed E-state index contributed by atoms with van der Waals surface area (Å²) in [6, 6.07) is 5.02. The molecule has 10 heteroatoms. The molecule has 1 saturated heterocycles. The smallest absolute Gasteiger partial charge is 0.312 e. The number of fused-ring (bicyclic) bond motifs is 1. The van der Waals surface area contributed by atoms with Crippen LogP contribution < -0.4 is 19.7 Å². The van der Waals surface area contributed by atoms with Gasteiger partial charge in [-0.05, 0) is 25.5 Å². The summed E-state index contributed by atoms with van der Waals surface area (Å²) < 4.78 is 15.7. The largest absolute Gasteiger partial charge is 0.454 e. The third-order valence-corrected chi connectivity index (χ3v) is 5.40. The summed E-state index contributed by atoms with van der Waals surface area (Å²) in [5.41, 5.74) is 1.03. The van der Waals surface area contributed by atoms with Crippen LogP contribution in [0.4, 0.5) is 10.8 Å². The molecule has 29 heavy (non-hydrogen) atoms. The van der Waals surface area contributed by atoms with E-state index < -0.39 is 18.0 Å². The number of rotatable bonds is 6.